The first kappa shape index (κ1) is 15.3. The molecule has 1 aromatic rings. The van der Waals surface area contributed by atoms with Crippen molar-refractivity contribution in [3.8, 4) is 0 Å². The lowest BCUT2D eigenvalue weighted by molar-refractivity contribution is -0.0595. The van der Waals surface area contributed by atoms with Crippen LogP contribution >= 0.6 is 0 Å². The van der Waals surface area contributed by atoms with Crippen LogP contribution in [0.25, 0.3) is 0 Å². The van der Waals surface area contributed by atoms with E-state index in [-0.39, 0.29) is 0 Å². The van der Waals surface area contributed by atoms with Gasteiger partial charge >= 0.3 is 0 Å². The number of morpholine rings is 1. The highest BCUT2D eigenvalue weighted by molar-refractivity contribution is 5.35. The van der Waals surface area contributed by atoms with Gasteiger partial charge in [-0.2, -0.15) is 0 Å². The Balaban J connectivity index is 2.00. The van der Waals surface area contributed by atoms with Crippen LogP contribution in [0.15, 0.2) is 18.2 Å². The van der Waals surface area contributed by atoms with E-state index in [0.29, 0.717) is 12.1 Å². The Kier molecular flexibility index (Phi) is 5.80. The van der Waals surface area contributed by atoms with E-state index < -0.39 is 0 Å². The van der Waals surface area contributed by atoms with Crippen LogP contribution in [0.1, 0.15) is 39.3 Å². The smallest absolute Gasteiger partial charge is 0.126 e. The Labute approximate surface area is 122 Å². The van der Waals surface area contributed by atoms with Gasteiger partial charge in [-0.3, -0.25) is 4.90 Å². The second-order valence-corrected chi connectivity index (χ2v) is 5.58. The van der Waals surface area contributed by atoms with Crippen molar-refractivity contribution in [3.63, 3.8) is 0 Å². The maximum Gasteiger partial charge on any atom is 0.126 e. The molecule has 0 saturated carbocycles. The van der Waals surface area contributed by atoms with E-state index in [1.807, 2.05) is 6.07 Å². The third kappa shape index (κ3) is 4.18. The Morgan fingerprint density at radius 1 is 1.40 bits per heavy atom. The zero-order chi connectivity index (χ0) is 14.4. The molecular weight excluding hydrogens is 250 g/mol. The number of aromatic nitrogens is 1. The summed E-state index contributed by atoms with van der Waals surface area (Å²) in [5, 5.41) is 3.35. The van der Waals surface area contributed by atoms with Crippen LogP contribution in [-0.2, 0) is 11.3 Å². The Morgan fingerprint density at radius 2 is 2.25 bits per heavy atom. The predicted molar refractivity (Wildman–Crippen MR) is 82.9 cm³/mol. The van der Waals surface area contributed by atoms with Crippen LogP contribution in [0.5, 0.6) is 0 Å². The quantitative estimate of drug-likeness (QED) is 0.867. The minimum Gasteiger partial charge on any atom is -0.376 e. The highest BCUT2D eigenvalue weighted by Crippen LogP contribution is 2.17. The topological polar surface area (TPSA) is 37.4 Å². The summed E-state index contributed by atoms with van der Waals surface area (Å²) in [5.74, 6) is 0.985. The molecule has 0 aliphatic carbocycles. The van der Waals surface area contributed by atoms with E-state index in [4.69, 9.17) is 9.72 Å². The van der Waals surface area contributed by atoms with Gasteiger partial charge in [0.05, 0.1) is 18.4 Å². The Morgan fingerprint density at radius 3 is 3.00 bits per heavy atom. The van der Waals surface area contributed by atoms with E-state index in [0.717, 1.165) is 50.6 Å². The lowest BCUT2D eigenvalue weighted by Crippen LogP contribution is -2.48. The van der Waals surface area contributed by atoms with Crippen LogP contribution in [0, 0.1) is 0 Å². The van der Waals surface area contributed by atoms with Crippen molar-refractivity contribution in [2.45, 2.75) is 52.3 Å². The van der Waals surface area contributed by atoms with Gasteiger partial charge in [0.2, 0.25) is 0 Å². The molecule has 4 heteroatoms. The molecule has 0 aromatic carbocycles. The Hall–Kier alpha value is -1.13. The van der Waals surface area contributed by atoms with Gasteiger partial charge in [-0.25, -0.2) is 4.98 Å². The average Bonchev–Trinajstić information content (AvgIpc) is 2.46. The SMILES string of the molecule is CCCNc1cccc(CN2CC(C)OCC2CC)n1. The van der Waals surface area contributed by atoms with E-state index in [1.165, 1.54) is 0 Å². The summed E-state index contributed by atoms with van der Waals surface area (Å²) < 4.78 is 5.75. The van der Waals surface area contributed by atoms with E-state index in [9.17, 15) is 0 Å². The molecular formula is C16H27N3O. The molecule has 2 rings (SSSR count). The number of pyridine rings is 1. The Bertz CT molecular complexity index is 410. The highest BCUT2D eigenvalue weighted by atomic mass is 16.5. The van der Waals surface area contributed by atoms with Crippen molar-refractivity contribution in [2.24, 2.45) is 0 Å². The van der Waals surface area contributed by atoms with E-state index >= 15 is 0 Å². The third-order valence-electron chi connectivity index (χ3n) is 3.78. The number of hydrogen-bond acceptors (Lipinski definition) is 4. The minimum absolute atomic E-state index is 0.319. The first-order chi connectivity index (χ1) is 9.72. The number of ether oxygens (including phenoxy) is 1. The standard InChI is InChI=1S/C16H27N3O/c1-4-9-17-16-8-6-7-14(18-16)11-19-10-13(3)20-12-15(19)5-2/h6-8,13,15H,4-5,9-12H2,1-3H3,(H,17,18). The highest BCUT2D eigenvalue weighted by Gasteiger charge is 2.25. The first-order valence-corrected chi connectivity index (χ1v) is 7.78. The van der Waals surface area contributed by atoms with Gasteiger partial charge in [-0.05, 0) is 31.9 Å². The molecule has 1 aromatic heterocycles. The average molecular weight is 277 g/mol. The van der Waals surface area contributed by atoms with Crippen LogP contribution in [0.2, 0.25) is 0 Å². The zero-order valence-electron chi connectivity index (χ0n) is 12.9. The third-order valence-corrected chi connectivity index (χ3v) is 3.78. The summed E-state index contributed by atoms with van der Waals surface area (Å²) in [6.45, 7) is 10.3. The molecule has 112 valence electrons. The molecule has 1 aliphatic rings. The summed E-state index contributed by atoms with van der Waals surface area (Å²) >= 11 is 0. The summed E-state index contributed by atoms with van der Waals surface area (Å²) in [4.78, 5) is 7.20. The normalized spacial score (nSPS) is 23.8. The number of hydrogen-bond donors (Lipinski definition) is 1. The molecule has 0 amide bonds. The molecule has 1 saturated heterocycles. The van der Waals surface area contributed by atoms with Crippen molar-refractivity contribution in [3.05, 3.63) is 23.9 Å². The van der Waals surface area contributed by atoms with Crippen LogP contribution in [0.3, 0.4) is 0 Å². The van der Waals surface area contributed by atoms with Gasteiger partial charge < -0.3 is 10.1 Å². The predicted octanol–water partition coefficient (Wildman–Crippen LogP) is 2.90. The molecule has 20 heavy (non-hydrogen) atoms. The van der Waals surface area contributed by atoms with Gasteiger partial charge in [0.1, 0.15) is 5.82 Å². The van der Waals surface area contributed by atoms with Gasteiger partial charge in [-0.15, -0.1) is 0 Å². The van der Waals surface area contributed by atoms with Crippen molar-refractivity contribution >= 4 is 5.82 Å². The largest absolute Gasteiger partial charge is 0.376 e. The summed E-state index contributed by atoms with van der Waals surface area (Å²) in [5.41, 5.74) is 1.14. The fourth-order valence-corrected chi connectivity index (χ4v) is 2.61. The second-order valence-electron chi connectivity index (χ2n) is 5.58. The van der Waals surface area contributed by atoms with Crippen molar-refractivity contribution in [1.29, 1.82) is 0 Å². The summed E-state index contributed by atoms with van der Waals surface area (Å²) in [7, 11) is 0. The van der Waals surface area contributed by atoms with Crippen molar-refractivity contribution in [2.75, 3.05) is 25.0 Å². The monoisotopic (exact) mass is 277 g/mol. The fraction of sp³-hybridized carbons (Fsp3) is 0.688. The van der Waals surface area contributed by atoms with Gasteiger partial charge in [-0.1, -0.05) is 19.9 Å². The zero-order valence-corrected chi connectivity index (χ0v) is 12.9. The molecule has 0 radical (unpaired) electrons. The van der Waals surface area contributed by atoms with Gasteiger partial charge in [0, 0.05) is 25.7 Å². The van der Waals surface area contributed by atoms with Crippen LogP contribution in [-0.4, -0.2) is 41.7 Å². The first-order valence-electron chi connectivity index (χ1n) is 7.78. The van der Waals surface area contributed by atoms with Crippen LogP contribution in [0.4, 0.5) is 5.82 Å². The van der Waals surface area contributed by atoms with Crippen molar-refractivity contribution in [1.82, 2.24) is 9.88 Å². The van der Waals surface area contributed by atoms with E-state index in [1.54, 1.807) is 0 Å². The molecule has 1 aliphatic heterocycles. The van der Waals surface area contributed by atoms with E-state index in [2.05, 4.69) is 43.1 Å². The molecule has 1 fully saturated rings. The number of nitrogens with zero attached hydrogens (tertiary/aromatic N) is 2. The lowest BCUT2D eigenvalue weighted by Gasteiger charge is -2.38. The second kappa shape index (κ2) is 7.60. The number of nitrogens with one attached hydrogen (secondary N) is 1. The molecule has 2 unspecified atom stereocenters. The molecule has 4 nitrogen and oxygen atoms in total. The lowest BCUT2D eigenvalue weighted by atomic mass is 10.1. The van der Waals surface area contributed by atoms with Crippen LogP contribution < -0.4 is 5.32 Å². The summed E-state index contributed by atoms with van der Waals surface area (Å²) in [6, 6.07) is 6.76. The van der Waals surface area contributed by atoms with Gasteiger partial charge in [0.15, 0.2) is 0 Å². The maximum absolute atomic E-state index is 5.75. The molecule has 2 heterocycles. The van der Waals surface area contributed by atoms with Crippen molar-refractivity contribution < 1.29 is 4.74 Å². The molecule has 1 N–H and O–H groups in total. The maximum atomic E-state index is 5.75. The number of anilines is 1. The van der Waals surface area contributed by atoms with Gasteiger partial charge in [0.25, 0.3) is 0 Å². The number of rotatable bonds is 6. The minimum atomic E-state index is 0.319. The fourth-order valence-electron chi connectivity index (χ4n) is 2.61. The summed E-state index contributed by atoms with van der Waals surface area (Å²) in [6.07, 6.45) is 2.56. The molecule has 2 atom stereocenters. The molecule has 0 spiro atoms. The molecule has 0 bridgehead atoms.